The molecular formula is C11H13FO2. The summed E-state index contributed by atoms with van der Waals surface area (Å²) in [5, 5.41) is 8.98. The van der Waals surface area contributed by atoms with Gasteiger partial charge in [0.25, 0.3) is 0 Å². The van der Waals surface area contributed by atoms with Gasteiger partial charge in [0.05, 0.1) is 13.2 Å². The van der Waals surface area contributed by atoms with E-state index in [2.05, 4.69) is 0 Å². The zero-order chi connectivity index (χ0) is 9.97. The van der Waals surface area contributed by atoms with Gasteiger partial charge >= 0.3 is 0 Å². The SMILES string of the molecule is OCc1cc(F)ccc1OCC1CC1. The first-order chi connectivity index (χ1) is 6.79. The molecule has 1 fully saturated rings. The molecule has 0 atom stereocenters. The molecule has 0 bridgehead atoms. The summed E-state index contributed by atoms with van der Waals surface area (Å²) in [4.78, 5) is 0. The quantitative estimate of drug-likeness (QED) is 0.799. The van der Waals surface area contributed by atoms with E-state index >= 15 is 0 Å². The molecule has 14 heavy (non-hydrogen) atoms. The van der Waals surface area contributed by atoms with Crippen molar-refractivity contribution in [3.05, 3.63) is 29.6 Å². The Morgan fingerprint density at radius 2 is 2.21 bits per heavy atom. The Hall–Kier alpha value is -1.09. The van der Waals surface area contributed by atoms with Crippen molar-refractivity contribution < 1.29 is 14.2 Å². The molecule has 76 valence electrons. The molecule has 2 nitrogen and oxygen atoms in total. The number of halogens is 1. The average molecular weight is 196 g/mol. The van der Waals surface area contributed by atoms with E-state index in [-0.39, 0.29) is 12.4 Å². The summed E-state index contributed by atoms with van der Waals surface area (Å²) in [6, 6.07) is 4.23. The summed E-state index contributed by atoms with van der Waals surface area (Å²) in [5.74, 6) is 0.917. The molecule has 1 aliphatic carbocycles. The third-order valence-corrected chi connectivity index (χ3v) is 2.36. The molecule has 0 aliphatic heterocycles. The van der Waals surface area contributed by atoms with Crippen molar-refractivity contribution in [2.75, 3.05) is 6.61 Å². The number of rotatable bonds is 4. The summed E-state index contributed by atoms with van der Waals surface area (Å²) in [5.41, 5.74) is 0.519. The van der Waals surface area contributed by atoms with Crippen molar-refractivity contribution in [3.8, 4) is 5.75 Å². The molecule has 0 spiro atoms. The third kappa shape index (κ3) is 2.23. The van der Waals surface area contributed by atoms with Crippen molar-refractivity contribution in [2.24, 2.45) is 5.92 Å². The predicted octanol–water partition coefficient (Wildman–Crippen LogP) is 2.11. The maximum Gasteiger partial charge on any atom is 0.125 e. The molecule has 0 aromatic heterocycles. The zero-order valence-corrected chi connectivity index (χ0v) is 7.87. The van der Waals surface area contributed by atoms with Gasteiger partial charge in [0.2, 0.25) is 0 Å². The Bertz CT molecular complexity index is 321. The number of aliphatic hydroxyl groups excluding tert-OH is 1. The van der Waals surface area contributed by atoms with Crippen LogP contribution < -0.4 is 4.74 Å². The first-order valence-electron chi connectivity index (χ1n) is 4.81. The minimum Gasteiger partial charge on any atom is -0.493 e. The summed E-state index contributed by atoms with van der Waals surface area (Å²) in [7, 11) is 0. The summed E-state index contributed by atoms with van der Waals surface area (Å²) in [6.07, 6.45) is 2.44. The highest BCUT2D eigenvalue weighted by Crippen LogP contribution is 2.30. The Morgan fingerprint density at radius 1 is 1.43 bits per heavy atom. The number of benzene rings is 1. The number of ether oxygens (including phenoxy) is 1. The Morgan fingerprint density at radius 3 is 2.86 bits per heavy atom. The highest BCUT2D eigenvalue weighted by molar-refractivity contribution is 5.33. The molecule has 0 unspecified atom stereocenters. The van der Waals surface area contributed by atoms with Crippen LogP contribution in [-0.4, -0.2) is 11.7 Å². The van der Waals surface area contributed by atoms with Crippen LogP contribution >= 0.6 is 0 Å². The molecule has 1 aromatic rings. The lowest BCUT2D eigenvalue weighted by molar-refractivity contribution is 0.257. The van der Waals surface area contributed by atoms with Crippen LogP contribution in [0.2, 0.25) is 0 Å². The average Bonchev–Trinajstić information content (AvgIpc) is 2.99. The predicted molar refractivity (Wildman–Crippen MR) is 50.5 cm³/mol. The van der Waals surface area contributed by atoms with Gasteiger partial charge in [-0.3, -0.25) is 0 Å². The normalized spacial score (nSPS) is 15.6. The zero-order valence-electron chi connectivity index (χ0n) is 7.87. The van der Waals surface area contributed by atoms with E-state index in [9.17, 15) is 4.39 Å². The van der Waals surface area contributed by atoms with Crippen molar-refractivity contribution in [1.29, 1.82) is 0 Å². The molecular weight excluding hydrogens is 183 g/mol. The van der Waals surface area contributed by atoms with Crippen molar-refractivity contribution >= 4 is 0 Å². The molecule has 3 heteroatoms. The van der Waals surface area contributed by atoms with Gasteiger partial charge in [-0.05, 0) is 37.0 Å². The standard InChI is InChI=1S/C11H13FO2/c12-10-3-4-11(9(5-10)6-13)14-7-8-1-2-8/h3-5,8,13H,1-2,6-7H2. The second-order valence-electron chi connectivity index (χ2n) is 3.66. The van der Waals surface area contributed by atoms with Gasteiger partial charge in [-0.15, -0.1) is 0 Å². The molecule has 2 rings (SSSR count). The highest BCUT2D eigenvalue weighted by atomic mass is 19.1. The van der Waals surface area contributed by atoms with E-state index in [0.29, 0.717) is 23.8 Å². The van der Waals surface area contributed by atoms with E-state index < -0.39 is 0 Å². The largest absolute Gasteiger partial charge is 0.493 e. The van der Waals surface area contributed by atoms with E-state index in [1.165, 1.54) is 25.0 Å². The van der Waals surface area contributed by atoms with Crippen LogP contribution in [0.5, 0.6) is 5.75 Å². The van der Waals surface area contributed by atoms with E-state index in [0.717, 1.165) is 0 Å². The Balaban J connectivity index is 2.05. The fraction of sp³-hybridized carbons (Fsp3) is 0.455. The lowest BCUT2D eigenvalue weighted by Gasteiger charge is -2.09. The first-order valence-corrected chi connectivity index (χ1v) is 4.81. The fourth-order valence-corrected chi connectivity index (χ4v) is 1.30. The number of hydrogen-bond donors (Lipinski definition) is 1. The van der Waals surface area contributed by atoms with Crippen LogP contribution in [0.25, 0.3) is 0 Å². The number of aliphatic hydroxyl groups is 1. The van der Waals surface area contributed by atoms with Crippen LogP contribution in [0.15, 0.2) is 18.2 Å². The first kappa shape index (κ1) is 9.46. The minimum atomic E-state index is -0.340. The fourth-order valence-electron chi connectivity index (χ4n) is 1.30. The van der Waals surface area contributed by atoms with E-state index in [1.807, 2.05) is 0 Å². The summed E-state index contributed by atoms with van der Waals surface area (Å²) in [6.45, 7) is 0.496. The second kappa shape index (κ2) is 3.96. The summed E-state index contributed by atoms with van der Waals surface area (Å²) >= 11 is 0. The molecule has 0 heterocycles. The van der Waals surface area contributed by atoms with Crippen LogP contribution in [0.1, 0.15) is 18.4 Å². The molecule has 1 aliphatic rings. The molecule has 1 N–H and O–H groups in total. The molecule has 1 aromatic carbocycles. The van der Waals surface area contributed by atoms with Crippen molar-refractivity contribution in [2.45, 2.75) is 19.4 Å². The minimum absolute atomic E-state index is 0.183. The van der Waals surface area contributed by atoms with Gasteiger partial charge in [0.15, 0.2) is 0 Å². The molecule has 0 amide bonds. The van der Waals surface area contributed by atoms with Gasteiger partial charge in [-0.25, -0.2) is 4.39 Å². The van der Waals surface area contributed by atoms with Gasteiger partial charge in [-0.2, -0.15) is 0 Å². The summed E-state index contributed by atoms with van der Waals surface area (Å²) < 4.78 is 18.3. The lowest BCUT2D eigenvalue weighted by Crippen LogP contribution is -2.02. The maximum absolute atomic E-state index is 12.8. The topological polar surface area (TPSA) is 29.5 Å². The Labute approximate surface area is 82.3 Å². The highest BCUT2D eigenvalue weighted by Gasteiger charge is 2.22. The molecule has 0 radical (unpaired) electrons. The van der Waals surface area contributed by atoms with E-state index in [4.69, 9.17) is 9.84 Å². The van der Waals surface area contributed by atoms with E-state index in [1.54, 1.807) is 6.07 Å². The second-order valence-corrected chi connectivity index (χ2v) is 3.66. The Kier molecular flexibility index (Phi) is 2.68. The van der Waals surface area contributed by atoms with Crippen LogP contribution in [0, 0.1) is 11.7 Å². The third-order valence-electron chi connectivity index (χ3n) is 2.36. The smallest absolute Gasteiger partial charge is 0.125 e. The van der Waals surface area contributed by atoms with Crippen LogP contribution in [0.3, 0.4) is 0 Å². The van der Waals surface area contributed by atoms with Gasteiger partial charge in [-0.1, -0.05) is 0 Å². The monoisotopic (exact) mass is 196 g/mol. The van der Waals surface area contributed by atoms with Crippen LogP contribution in [0.4, 0.5) is 4.39 Å². The van der Waals surface area contributed by atoms with Crippen LogP contribution in [-0.2, 0) is 6.61 Å². The van der Waals surface area contributed by atoms with Crippen molar-refractivity contribution in [3.63, 3.8) is 0 Å². The maximum atomic E-state index is 12.8. The van der Waals surface area contributed by atoms with Crippen molar-refractivity contribution in [1.82, 2.24) is 0 Å². The number of hydrogen-bond acceptors (Lipinski definition) is 2. The van der Waals surface area contributed by atoms with Gasteiger partial charge < -0.3 is 9.84 Å². The molecule has 0 saturated heterocycles. The van der Waals surface area contributed by atoms with Gasteiger partial charge in [0.1, 0.15) is 11.6 Å². The molecule has 1 saturated carbocycles. The lowest BCUT2D eigenvalue weighted by atomic mass is 10.2. The van der Waals surface area contributed by atoms with Gasteiger partial charge in [0, 0.05) is 5.56 Å².